The molecule has 0 atom stereocenters. The first-order chi connectivity index (χ1) is 18.7. The molecular weight excluding hydrogens is 498 g/mol. The Kier molecular flexibility index (Phi) is 9.08. The second-order valence-electron chi connectivity index (χ2n) is 14.6. The number of rotatable bonds is 9. The predicted molar refractivity (Wildman–Crippen MR) is 163 cm³/mol. The average molecular weight is 550 g/mol. The smallest absolute Gasteiger partial charge is 0.269 e. The number of nitrogens with one attached hydrogen (secondary N) is 2. The molecule has 2 N–H and O–H groups in total. The number of aromatic amines is 1. The van der Waals surface area contributed by atoms with Crippen LogP contribution in [-0.4, -0.2) is 60.8 Å². The fourth-order valence-corrected chi connectivity index (χ4v) is 5.81. The van der Waals surface area contributed by atoms with E-state index in [0.717, 1.165) is 66.8 Å². The Labute approximate surface area is 240 Å². The van der Waals surface area contributed by atoms with Gasteiger partial charge in [-0.3, -0.25) is 9.89 Å². The Hall–Kier alpha value is -2.74. The van der Waals surface area contributed by atoms with E-state index in [1.54, 1.807) is 10.8 Å². The van der Waals surface area contributed by atoms with Gasteiger partial charge in [0.05, 0.1) is 5.69 Å². The molecule has 1 aliphatic carbocycles. The fourth-order valence-electron chi connectivity index (χ4n) is 5.81. The number of amides is 1. The molecule has 3 aromatic heterocycles. The normalized spacial score (nSPS) is 18.7. The number of carbonyl (C=O) groups is 1. The maximum Gasteiger partial charge on any atom is 0.269 e. The molecule has 1 saturated carbocycles. The van der Waals surface area contributed by atoms with E-state index in [9.17, 15) is 4.79 Å². The van der Waals surface area contributed by atoms with Crippen LogP contribution in [0.1, 0.15) is 121 Å². The maximum absolute atomic E-state index is 13.5. The van der Waals surface area contributed by atoms with Crippen molar-refractivity contribution >= 4 is 11.6 Å². The van der Waals surface area contributed by atoms with Crippen LogP contribution in [0.3, 0.4) is 0 Å². The van der Waals surface area contributed by atoms with Crippen LogP contribution in [0, 0.1) is 17.8 Å². The lowest BCUT2D eigenvalue weighted by molar-refractivity contribution is 0.0874. The molecule has 3 aromatic rings. The van der Waals surface area contributed by atoms with Gasteiger partial charge in [0.25, 0.3) is 5.91 Å². The van der Waals surface area contributed by atoms with Crippen LogP contribution in [0.15, 0.2) is 18.6 Å². The van der Waals surface area contributed by atoms with Crippen molar-refractivity contribution in [1.82, 2.24) is 35.0 Å². The predicted octanol–water partition coefficient (Wildman–Crippen LogP) is 6.77. The minimum atomic E-state index is -0.0539. The molecule has 0 aromatic carbocycles. The quantitative estimate of drug-likeness (QED) is 0.307. The summed E-state index contributed by atoms with van der Waals surface area (Å²) in [5.74, 6) is 0.0814. The van der Waals surface area contributed by atoms with E-state index in [0.29, 0.717) is 22.6 Å². The maximum atomic E-state index is 13.5. The van der Waals surface area contributed by atoms with Crippen molar-refractivity contribution in [2.45, 2.75) is 119 Å². The molecule has 0 unspecified atom stereocenters. The Morgan fingerprint density at radius 2 is 1.70 bits per heavy atom. The van der Waals surface area contributed by atoms with Crippen LogP contribution in [0.4, 0.5) is 0 Å². The van der Waals surface area contributed by atoms with Crippen molar-refractivity contribution in [3.63, 3.8) is 0 Å². The van der Waals surface area contributed by atoms with Gasteiger partial charge in [0.15, 0.2) is 5.65 Å². The Morgan fingerprint density at radius 3 is 2.27 bits per heavy atom. The zero-order valence-corrected chi connectivity index (χ0v) is 26.3. The van der Waals surface area contributed by atoms with Gasteiger partial charge in [-0.05, 0) is 86.9 Å². The van der Waals surface area contributed by atoms with E-state index in [2.05, 4.69) is 92.0 Å². The Balaban J connectivity index is 1.43. The van der Waals surface area contributed by atoms with Gasteiger partial charge in [0, 0.05) is 29.4 Å². The van der Waals surface area contributed by atoms with E-state index in [-0.39, 0.29) is 17.9 Å². The highest BCUT2D eigenvalue weighted by Crippen LogP contribution is 2.32. The van der Waals surface area contributed by atoms with Gasteiger partial charge in [0.1, 0.15) is 12.0 Å². The van der Waals surface area contributed by atoms with Gasteiger partial charge in [-0.15, -0.1) is 0 Å². The number of aromatic nitrogens is 5. The van der Waals surface area contributed by atoms with Crippen LogP contribution < -0.4 is 5.32 Å². The van der Waals surface area contributed by atoms with Crippen LogP contribution in [-0.2, 0) is 0 Å². The summed E-state index contributed by atoms with van der Waals surface area (Å²) in [4.78, 5) is 20.6. The molecule has 8 heteroatoms. The summed E-state index contributed by atoms with van der Waals surface area (Å²) in [5, 5.41) is 15.4. The highest BCUT2D eigenvalue weighted by molar-refractivity contribution is 5.96. The number of H-pyrrole nitrogens is 1. The third-order valence-electron chi connectivity index (χ3n) is 8.29. The summed E-state index contributed by atoms with van der Waals surface area (Å²) in [6.07, 6.45) is 10.2. The third-order valence-corrected chi connectivity index (χ3v) is 8.29. The van der Waals surface area contributed by atoms with E-state index in [4.69, 9.17) is 0 Å². The van der Waals surface area contributed by atoms with E-state index in [1.165, 1.54) is 12.8 Å². The molecular formula is C32H51N7O. The van der Waals surface area contributed by atoms with Crippen molar-refractivity contribution in [1.29, 1.82) is 0 Å². The molecule has 4 rings (SSSR count). The minimum Gasteiger partial charge on any atom is -0.348 e. The lowest BCUT2D eigenvalue weighted by Crippen LogP contribution is -2.45. The Bertz CT molecular complexity index is 1260. The van der Waals surface area contributed by atoms with Gasteiger partial charge >= 0.3 is 0 Å². The molecule has 0 radical (unpaired) electrons. The van der Waals surface area contributed by atoms with Crippen molar-refractivity contribution in [3.8, 4) is 11.3 Å². The summed E-state index contributed by atoms with van der Waals surface area (Å²) in [6.45, 7) is 22.6. The number of hydrogen-bond acceptors (Lipinski definition) is 5. The highest BCUT2D eigenvalue weighted by Gasteiger charge is 2.30. The summed E-state index contributed by atoms with van der Waals surface area (Å²) in [5.41, 5.74) is 5.77. The van der Waals surface area contributed by atoms with Gasteiger partial charge in [-0.25, -0.2) is 9.50 Å². The zero-order valence-electron chi connectivity index (χ0n) is 26.3. The number of nitrogens with zero attached hydrogens (tertiary/aromatic N) is 5. The summed E-state index contributed by atoms with van der Waals surface area (Å²) in [6, 6.07) is 2.86. The van der Waals surface area contributed by atoms with Crippen LogP contribution in [0.5, 0.6) is 0 Å². The third kappa shape index (κ3) is 7.50. The van der Waals surface area contributed by atoms with Gasteiger partial charge in [-0.2, -0.15) is 10.2 Å². The topological polar surface area (TPSA) is 91.2 Å². The van der Waals surface area contributed by atoms with Gasteiger partial charge < -0.3 is 10.2 Å². The van der Waals surface area contributed by atoms with Crippen molar-refractivity contribution in [2.24, 2.45) is 10.8 Å². The molecule has 40 heavy (non-hydrogen) atoms. The number of hydrogen-bond donors (Lipinski definition) is 2. The van der Waals surface area contributed by atoms with Gasteiger partial charge in [0.2, 0.25) is 0 Å². The molecule has 3 heterocycles. The molecule has 1 amide bonds. The highest BCUT2D eigenvalue weighted by atomic mass is 16.2. The molecule has 1 fully saturated rings. The standard InChI is InChI=1S/C32H51N7O/c1-21(2)26-27(23-18-22(3)29-33-20-34-39(29)19-23)36-37-28(26)30(40)35-24-10-12-25(13-11-24)38(16-14-31(4,5)6)17-15-32(7,8)9/h18-21,24-25H,10-17H2,1-9H3,(H,35,40)(H,36,37). The monoisotopic (exact) mass is 549 g/mol. The van der Waals surface area contributed by atoms with Crippen molar-refractivity contribution < 1.29 is 4.79 Å². The lowest BCUT2D eigenvalue weighted by Gasteiger charge is -2.39. The van der Waals surface area contributed by atoms with Crippen LogP contribution in [0.2, 0.25) is 0 Å². The number of carbonyl (C=O) groups excluding carboxylic acids is 1. The summed E-state index contributed by atoms with van der Waals surface area (Å²) >= 11 is 0. The van der Waals surface area contributed by atoms with E-state index in [1.807, 2.05) is 13.1 Å². The largest absolute Gasteiger partial charge is 0.348 e. The second-order valence-corrected chi connectivity index (χ2v) is 14.6. The van der Waals surface area contributed by atoms with Gasteiger partial charge in [-0.1, -0.05) is 55.4 Å². The van der Waals surface area contributed by atoms with Crippen molar-refractivity contribution in [2.75, 3.05) is 13.1 Å². The van der Waals surface area contributed by atoms with Crippen molar-refractivity contribution in [3.05, 3.63) is 35.4 Å². The first-order valence-electron chi connectivity index (χ1n) is 15.2. The molecule has 0 spiro atoms. The summed E-state index contributed by atoms with van der Waals surface area (Å²) < 4.78 is 1.77. The second kappa shape index (κ2) is 12.0. The lowest BCUT2D eigenvalue weighted by atomic mass is 9.86. The first-order valence-corrected chi connectivity index (χ1v) is 15.2. The Morgan fingerprint density at radius 1 is 1.07 bits per heavy atom. The summed E-state index contributed by atoms with van der Waals surface area (Å²) in [7, 11) is 0. The average Bonchev–Trinajstić information content (AvgIpc) is 3.51. The van der Waals surface area contributed by atoms with Crippen LogP contribution in [0.25, 0.3) is 16.9 Å². The van der Waals surface area contributed by atoms with Crippen LogP contribution >= 0.6 is 0 Å². The molecule has 8 nitrogen and oxygen atoms in total. The molecule has 0 aliphatic heterocycles. The number of pyridine rings is 1. The number of aryl methyl sites for hydroxylation is 1. The minimum absolute atomic E-state index is 0.0539. The molecule has 0 saturated heterocycles. The van der Waals surface area contributed by atoms with E-state index < -0.39 is 0 Å². The SMILES string of the molecule is Cc1cc(-c2n[nH]c(C(=O)NC3CCC(N(CCC(C)(C)C)CCC(C)(C)C)CC3)c2C(C)C)cn2ncnc12. The molecule has 0 bridgehead atoms. The fraction of sp³-hybridized carbons (Fsp3) is 0.688. The molecule has 1 aliphatic rings. The number of fused-ring (bicyclic) bond motifs is 1. The molecule has 220 valence electrons. The van der Waals surface area contributed by atoms with E-state index >= 15 is 0 Å². The first kappa shape index (κ1) is 30.2. The zero-order chi connectivity index (χ0) is 29.2.